The lowest BCUT2D eigenvalue weighted by atomic mass is 10.1. The minimum absolute atomic E-state index is 0.0428. The molecule has 0 fully saturated rings. The zero-order valence-corrected chi connectivity index (χ0v) is 14.6. The zero-order chi connectivity index (χ0) is 17.1. The second-order valence-electron chi connectivity index (χ2n) is 5.27. The molecule has 0 aliphatic carbocycles. The van der Waals surface area contributed by atoms with Crippen LogP contribution in [0.25, 0.3) is 0 Å². The van der Waals surface area contributed by atoms with Crippen molar-refractivity contribution >= 4 is 27.5 Å². The number of rotatable bonds is 5. The molecule has 0 saturated heterocycles. The van der Waals surface area contributed by atoms with Crippen LogP contribution in [0.4, 0.5) is 5.69 Å². The molecule has 0 bridgehead atoms. The lowest BCUT2D eigenvalue weighted by Crippen LogP contribution is -2.30. The smallest absolute Gasteiger partial charge is 0.312 e. The highest BCUT2D eigenvalue weighted by Crippen LogP contribution is 2.22. The predicted octanol–water partition coefficient (Wildman–Crippen LogP) is 3.05. The van der Waals surface area contributed by atoms with Crippen molar-refractivity contribution in [2.45, 2.75) is 33.4 Å². The number of carbonyl (C=O) groups excluding carboxylic acids is 1. The van der Waals surface area contributed by atoms with Crippen LogP contribution in [0.5, 0.6) is 0 Å². The molecule has 1 aromatic heterocycles. The van der Waals surface area contributed by atoms with Crippen LogP contribution in [0.1, 0.15) is 29.9 Å². The summed E-state index contributed by atoms with van der Waals surface area (Å²) in [6.45, 7) is 4.97. The van der Waals surface area contributed by atoms with E-state index >= 15 is 0 Å². The molecule has 0 saturated carbocycles. The molecule has 0 aliphatic rings. The fourth-order valence-electron chi connectivity index (χ4n) is 2.36. The molecule has 2 aromatic rings. The number of hydrogen-bond donors (Lipinski definition) is 1. The largest absolute Gasteiger partial charge is 0.348 e. The quantitative estimate of drug-likeness (QED) is 0.637. The first kappa shape index (κ1) is 17.1. The molecule has 0 aliphatic heterocycles. The van der Waals surface area contributed by atoms with Crippen molar-refractivity contribution in [3.63, 3.8) is 0 Å². The maximum absolute atomic E-state index is 12.2. The molecule has 1 aromatic carbocycles. The highest BCUT2D eigenvalue weighted by Gasteiger charge is 2.23. The van der Waals surface area contributed by atoms with Gasteiger partial charge < -0.3 is 5.32 Å². The van der Waals surface area contributed by atoms with Gasteiger partial charge in [-0.1, -0.05) is 28.1 Å². The molecule has 1 amide bonds. The van der Waals surface area contributed by atoms with Crippen molar-refractivity contribution in [3.05, 3.63) is 55.8 Å². The number of hydrogen-bond acceptors (Lipinski definition) is 4. The van der Waals surface area contributed by atoms with E-state index in [1.54, 1.807) is 13.8 Å². The average Bonchev–Trinajstić information content (AvgIpc) is 2.73. The first-order chi connectivity index (χ1) is 10.8. The van der Waals surface area contributed by atoms with E-state index < -0.39 is 4.92 Å². The van der Waals surface area contributed by atoms with Gasteiger partial charge in [-0.3, -0.25) is 19.6 Å². The maximum atomic E-state index is 12.2. The van der Waals surface area contributed by atoms with E-state index in [1.807, 2.05) is 31.2 Å². The zero-order valence-electron chi connectivity index (χ0n) is 13.0. The molecule has 0 spiro atoms. The fraction of sp³-hybridized carbons (Fsp3) is 0.333. The van der Waals surface area contributed by atoms with Gasteiger partial charge in [-0.2, -0.15) is 5.10 Å². The Kier molecular flexibility index (Phi) is 5.15. The number of benzene rings is 1. The van der Waals surface area contributed by atoms with E-state index in [2.05, 4.69) is 26.3 Å². The Morgan fingerprint density at radius 2 is 2.00 bits per heavy atom. The molecule has 122 valence electrons. The van der Waals surface area contributed by atoms with Crippen LogP contribution in [0.3, 0.4) is 0 Å². The van der Waals surface area contributed by atoms with Crippen molar-refractivity contribution in [2.24, 2.45) is 0 Å². The first-order valence-electron chi connectivity index (χ1n) is 7.02. The number of halogens is 1. The predicted molar refractivity (Wildman–Crippen MR) is 89.1 cm³/mol. The molecule has 1 atom stereocenters. The number of nitrogens with zero attached hydrogens (tertiary/aromatic N) is 3. The third-order valence-electron chi connectivity index (χ3n) is 3.57. The topological polar surface area (TPSA) is 90.1 Å². The maximum Gasteiger partial charge on any atom is 0.312 e. The van der Waals surface area contributed by atoms with Crippen LogP contribution in [0, 0.1) is 24.0 Å². The van der Waals surface area contributed by atoms with E-state index in [0.29, 0.717) is 11.4 Å². The number of nitro groups is 1. The Labute approximate surface area is 142 Å². The lowest BCUT2D eigenvalue weighted by Gasteiger charge is -2.14. The van der Waals surface area contributed by atoms with Crippen molar-refractivity contribution in [2.75, 3.05) is 0 Å². The minimum atomic E-state index is -0.476. The van der Waals surface area contributed by atoms with Gasteiger partial charge in [-0.15, -0.1) is 0 Å². The second kappa shape index (κ2) is 6.91. The summed E-state index contributed by atoms with van der Waals surface area (Å²) in [5.74, 6) is -0.249. The third-order valence-corrected chi connectivity index (χ3v) is 4.10. The number of nitrogens with one attached hydrogen (secondary N) is 1. The molecule has 23 heavy (non-hydrogen) atoms. The van der Waals surface area contributed by atoms with Gasteiger partial charge in [0.2, 0.25) is 5.91 Å². The number of carbonyl (C=O) groups is 1. The van der Waals surface area contributed by atoms with Gasteiger partial charge in [0.15, 0.2) is 0 Å². The molecule has 1 N–H and O–H groups in total. The van der Waals surface area contributed by atoms with Crippen molar-refractivity contribution < 1.29 is 9.72 Å². The summed E-state index contributed by atoms with van der Waals surface area (Å²) in [6, 6.07) is 7.49. The van der Waals surface area contributed by atoms with Gasteiger partial charge in [0.25, 0.3) is 0 Å². The van der Waals surface area contributed by atoms with Crippen LogP contribution in [-0.4, -0.2) is 20.6 Å². The molecule has 8 heteroatoms. The number of aromatic nitrogens is 2. The molecule has 0 radical (unpaired) electrons. The monoisotopic (exact) mass is 380 g/mol. The molecular weight excluding hydrogens is 364 g/mol. The molecule has 7 nitrogen and oxygen atoms in total. The van der Waals surface area contributed by atoms with Gasteiger partial charge in [-0.05, 0) is 38.5 Å². The Morgan fingerprint density at radius 1 is 1.39 bits per heavy atom. The average molecular weight is 381 g/mol. The summed E-state index contributed by atoms with van der Waals surface area (Å²) < 4.78 is 2.33. The molecule has 1 unspecified atom stereocenters. The van der Waals surface area contributed by atoms with Crippen LogP contribution in [0.15, 0.2) is 28.7 Å². The van der Waals surface area contributed by atoms with E-state index in [0.717, 1.165) is 10.0 Å². The Balaban J connectivity index is 2.06. The highest BCUT2D eigenvalue weighted by atomic mass is 79.9. The van der Waals surface area contributed by atoms with Gasteiger partial charge in [0, 0.05) is 4.47 Å². The van der Waals surface area contributed by atoms with E-state index in [4.69, 9.17) is 0 Å². The molecule has 1 heterocycles. The molecule has 2 rings (SSSR count). The number of amides is 1. The first-order valence-corrected chi connectivity index (χ1v) is 7.82. The van der Waals surface area contributed by atoms with Crippen LogP contribution < -0.4 is 5.32 Å². The lowest BCUT2D eigenvalue weighted by molar-refractivity contribution is -0.386. The van der Waals surface area contributed by atoms with Crippen molar-refractivity contribution in [1.82, 2.24) is 15.1 Å². The standard InChI is InChI=1S/C15H17BrN4O3/c1-9(12-4-6-13(16)7-5-12)17-14(21)8-19-11(3)15(20(22)23)10(2)18-19/h4-7,9H,8H2,1-3H3,(H,17,21). The second-order valence-corrected chi connectivity index (χ2v) is 6.19. The van der Waals surface area contributed by atoms with E-state index in [1.165, 1.54) is 4.68 Å². The Hall–Kier alpha value is -2.22. The Morgan fingerprint density at radius 3 is 2.52 bits per heavy atom. The summed E-state index contributed by atoms with van der Waals surface area (Å²) in [5.41, 5.74) is 1.61. The van der Waals surface area contributed by atoms with Gasteiger partial charge >= 0.3 is 5.69 Å². The third kappa shape index (κ3) is 3.95. The fourth-order valence-corrected chi connectivity index (χ4v) is 2.63. The van der Waals surface area contributed by atoms with Crippen LogP contribution >= 0.6 is 15.9 Å². The Bertz CT molecular complexity index is 740. The van der Waals surface area contributed by atoms with E-state index in [9.17, 15) is 14.9 Å². The van der Waals surface area contributed by atoms with Gasteiger partial charge in [0.05, 0.1) is 11.0 Å². The highest BCUT2D eigenvalue weighted by molar-refractivity contribution is 9.10. The number of aryl methyl sites for hydroxylation is 1. The summed E-state index contributed by atoms with van der Waals surface area (Å²) in [6.07, 6.45) is 0. The minimum Gasteiger partial charge on any atom is -0.348 e. The van der Waals surface area contributed by atoms with E-state index in [-0.39, 0.29) is 24.2 Å². The normalized spacial score (nSPS) is 12.0. The van der Waals surface area contributed by atoms with Crippen LogP contribution in [-0.2, 0) is 11.3 Å². The summed E-state index contributed by atoms with van der Waals surface area (Å²) >= 11 is 3.36. The molecular formula is C15H17BrN4O3. The van der Waals surface area contributed by atoms with Crippen molar-refractivity contribution in [1.29, 1.82) is 0 Å². The SMILES string of the molecule is Cc1nn(CC(=O)NC(C)c2ccc(Br)cc2)c(C)c1[N+](=O)[O-]. The van der Waals surface area contributed by atoms with Crippen molar-refractivity contribution in [3.8, 4) is 0 Å². The summed E-state index contributed by atoms with van der Waals surface area (Å²) in [7, 11) is 0. The van der Waals surface area contributed by atoms with Gasteiger partial charge in [0.1, 0.15) is 17.9 Å². The summed E-state index contributed by atoms with van der Waals surface area (Å²) in [5, 5.41) is 17.9. The van der Waals surface area contributed by atoms with Gasteiger partial charge in [-0.25, -0.2) is 0 Å². The van der Waals surface area contributed by atoms with Crippen LogP contribution in [0.2, 0.25) is 0 Å². The summed E-state index contributed by atoms with van der Waals surface area (Å²) in [4.78, 5) is 22.7.